The maximum absolute atomic E-state index is 13.4. The van der Waals surface area contributed by atoms with Crippen LogP contribution < -0.4 is 15.0 Å². The van der Waals surface area contributed by atoms with E-state index in [0.717, 1.165) is 11.1 Å². The van der Waals surface area contributed by atoms with E-state index in [4.69, 9.17) is 14.5 Å². The molecule has 0 aliphatic heterocycles. The lowest BCUT2D eigenvalue weighted by atomic mass is 10.1. The van der Waals surface area contributed by atoms with Crippen molar-refractivity contribution in [3.05, 3.63) is 134 Å². The number of non-ortho nitro benzene ring substituents is 1. The van der Waals surface area contributed by atoms with Crippen LogP contribution in [0.25, 0.3) is 28.4 Å². The van der Waals surface area contributed by atoms with Gasteiger partial charge in [0.25, 0.3) is 11.2 Å². The number of esters is 1. The van der Waals surface area contributed by atoms with Crippen LogP contribution in [0.2, 0.25) is 0 Å². The molecule has 0 saturated carbocycles. The number of benzene rings is 4. The summed E-state index contributed by atoms with van der Waals surface area (Å²) in [6.07, 6.45) is 4.20. The predicted molar refractivity (Wildman–Crippen MR) is 160 cm³/mol. The van der Waals surface area contributed by atoms with Gasteiger partial charge in [-0.15, -0.1) is 0 Å². The normalized spacial score (nSPS) is 11.3. The third-order valence-electron chi connectivity index (χ3n) is 6.27. The zero-order chi connectivity index (χ0) is 29.6. The van der Waals surface area contributed by atoms with Gasteiger partial charge in [0.2, 0.25) is 0 Å². The Kier molecular flexibility index (Phi) is 7.96. The Balaban J connectivity index is 1.41. The fraction of sp³-hybridized carbons (Fsp3) is 0.0625. The first-order valence-electron chi connectivity index (χ1n) is 12.8. The topological polar surface area (TPSA) is 126 Å². The molecule has 0 atom stereocenters. The number of hydrogen-bond acceptors (Lipinski definition) is 8. The number of fused-ring (bicyclic) bond motifs is 1. The van der Waals surface area contributed by atoms with Gasteiger partial charge in [0, 0.05) is 23.8 Å². The van der Waals surface area contributed by atoms with Crippen molar-refractivity contribution >= 4 is 34.9 Å². The van der Waals surface area contributed by atoms with E-state index < -0.39 is 10.9 Å². The molecule has 10 nitrogen and oxygen atoms in total. The van der Waals surface area contributed by atoms with Crippen molar-refractivity contribution in [3.63, 3.8) is 0 Å². The molecule has 0 fully saturated rings. The molecule has 5 rings (SSSR count). The van der Waals surface area contributed by atoms with E-state index in [1.165, 1.54) is 54.4 Å². The van der Waals surface area contributed by atoms with E-state index >= 15 is 0 Å². The van der Waals surface area contributed by atoms with Gasteiger partial charge in [-0.3, -0.25) is 14.9 Å². The van der Waals surface area contributed by atoms with E-state index in [0.29, 0.717) is 27.9 Å². The summed E-state index contributed by atoms with van der Waals surface area (Å²) in [5.74, 6) is 0.192. The van der Waals surface area contributed by atoms with E-state index in [2.05, 4.69) is 5.10 Å². The molecular formula is C32H24N4O6. The summed E-state index contributed by atoms with van der Waals surface area (Å²) < 4.78 is 12.1. The molecule has 42 heavy (non-hydrogen) atoms. The molecule has 0 N–H and O–H groups in total. The minimum atomic E-state index is -0.662. The summed E-state index contributed by atoms with van der Waals surface area (Å²) in [5, 5.41) is 15.7. The maximum atomic E-state index is 13.4. The SMILES string of the molecule is COc1cc(C=Nn2c(-c3cccc(C)c3)nc3ccccc3c2=O)ccc1OC(=O)/C=C/c1ccc([N+](=O)[O-])cc1. The van der Waals surface area contributed by atoms with Gasteiger partial charge in [-0.25, -0.2) is 9.78 Å². The Morgan fingerprint density at radius 2 is 1.71 bits per heavy atom. The minimum Gasteiger partial charge on any atom is -0.493 e. The van der Waals surface area contributed by atoms with Gasteiger partial charge in [0.15, 0.2) is 17.3 Å². The summed E-state index contributed by atoms with van der Waals surface area (Å²) in [4.78, 5) is 40.9. The highest BCUT2D eigenvalue weighted by Gasteiger charge is 2.13. The molecule has 5 aromatic rings. The number of carbonyl (C=O) groups excluding carboxylic acids is 1. The van der Waals surface area contributed by atoms with Crippen LogP contribution in [-0.4, -0.2) is 33.9 Å². The van der Waals surface area contributed by atoms with Crippen LogP contribution in [-0.2, 0) is 4.79 Å². The molecule has 0 bridgehead atoms. The van der Waals surface area contributed by atoms with E-state index in [9.17, 15) is 19.7 Å². The van der Waals surface area contributed by atoms with Crippen LogP contribution in [0.1, 0.15) is 16.7 Å². The van der Waals surface area contributed by atoms with Gasteiger partial charge >= 0.3 is 5.97 Å². The lowest BCUT2D eigenvalue weighted by Crippen LogP contribution is -2.20. The largest absolute Gasteiger partial charge is 0.493 e. The molecule has 0 aliphatic carbocycles. The number of aryl methyl sites for hydroxylation is 1. The molecule has 0 unspecified atom stereocenters. The standard InChI is InChI=1S/C32H24N4O6/c1-21-6-5-7-24(18-21)31-34-27-9-4-3-8-26(27)32(38)35(31)33-20-23-12-16-28(29(19-23)41-2)42-30(37)17-13-22-10-14-25(15-11-22)36(39)40/h3-20H,1-2H3/b17-13+,33-20?. The lowest BCUT2D eigenvalue weighted by Gasteiger charge is -2.11. The van der Waals surface area contributed by atoms with Gasteiger partial charge in [-0.05, 0) is 72.7 Å². The second-order valence-corrected chi connectivity index (χ2v) is 9.20. The average Bonchev–Trinajstić information content (AvgIpc) is 3.00. The zero-order valence-electron chi connectivity index (χ0n) is 22.6. The second-order valence-electron chi connectivity index (χ2n) is 9.20. The number of nitrogens with zero attached hydrogens (tertiary/aromatic N) is 4. The van der Waals surface area contributed by atoms with Crippen molar-refractivity contribution in [1.82, 2.24) is 9.66 Å². The second kappa shape index (κ2) is 12.1. The van der Waals surface area contributed by atoms with Crippen molar-refractivity contribution < 1.29 is 19.2 Å². The van der Waals surface area contributed by atoms with Gasteiger partial charge in [0.05, 0.1) is 29.2 Å². The Labute approximate surface area is 240 Å². The molecule has 4 aromatic carbocycles. The predicted octanol–water partition coefficient (Wildman–Crippen LogP) is 5.79. The molecule has 1 aromatic heterocycles. The number of hydrogen-bond donors (Lipinski definition) is 0. The van der Waals surface area contributed by atoms with Gasteiger partial charge in [-0.1, -0.05) is 35.9 Å². The highest BCUT2D eigenvalue weighted by molar-refractivity contribution is 5.89. The summed E-state index contributed by atoms with van der Waals surface area (Å²) in [6, 6.07) is 25.4. The van der Waals surface area contributed by atoms with E-state index in [1.54, 1.807) is 36.4 Å². The first kappa shape index (κ1) is 27.7. The fourth-order valence-corrected chi connectivity index (χ4v) is 4.19. The Bertz CT molecular complexity index is 1930. The fourth-order valence-electron chi connectivity index (χ4n) is 4.19. The number of aromatic nitrogens is 2. The molecule has 10 heteroatoms. The van der Waals surface area contributed by atoms with Gasteiger partial charge < -0.3 is 9.47 Å². The van der Waals surface area contributed by atoms with Crippen LogP contribution in [0.5, 0.6) is 11.5 Å². The first-order chi connectivity index (χ1) is 20.3. The summed E-state index contributed by atoms with van der Waals surface area (Å²) in [5.41, 5.74) is 3.16. The van der Waals surface area contributed by atoms with Crippen molar-refractivity contribution in [2.45, 2.75) is 6.92 Å². The van der Waals surface area contributed by atoms with Crippen molar-refractivity contribution in [1.29, 1.82) is 0 Å². The third-order valence-corrected chi connectivity index (χ3v) is 6.27. The van der Waals surface area contributed by atoms with Crippen LogP contribution in [0.15, 0.2) is 107 Å². The third kappa shape index (κ3) is 6.13. The number of nitro groups is 1. The quantitative estimate of drug-likeness (QED) is 0.0587. The molecule has 0 saturated heterocycles. The van der Waals surface area contributed by atoms with E-state index in [1.807, 2.05) is 37.3 Å². The monoisotopic (exact) mass is 560 g/mol. The van der Waals surface area contributed by atoms with Crippen molar-refractivity contribution in [2.24, 2.45) is 5.10 Å². The summed E-state index contributed by atoms with van der Waals surface area (Å²) in [7, 11) is 1.44. The zero-order valence-corrected chi connectivity index (χ0v) is 22.6. The molecule has 208 valence electrons. The number of para-hydroxylation sites is 1. The van der Waals surface area contributed by atoms with Crippen molar-refractivity contribution in [3.8, 4) is 22.9 Å². The van der Waals surface area contributed by atoms with Crippen LogP contribution in [0.4, 0.5) is 5.69 Å². The molecule has 0 aliphatic rings. The van der Waals surface area contributed by atoms with Crippen molar-refractivity contribution in [2.75, 3.05) is 7.11 Å². The Morgan fingerprint density at radius 1 is 0.952 bits per heavy atom. The molecular weight excluding hydrogens is 536 g/mol. The van der Waals surface area contributed by atoms with Crippen LogP contribution >= 0.6 is 0 Å². The van der Waals surface area contributed by atoms with Gasteiger partial charge in [-0.2, -0.15) is 9.78 Å². The molecule has 0 radical (unpaired) electrons. The number of carbonyl (C=O) groups is 1. The smallest absolute Gasteiger partial charge is 0.336 e. The number of methoxy groups -OCH3 is 1. The highest BCUT2D eigenvalue weighted by atomic mass is 16.6. The Hall–Kier alpha value is -5.90. The molecule has 1 heterocycles. The number of ether oxygens (including phenoxy) is 2. The van der Waals surface area contributed by atoms with Crippen LogP contribution in [0.3, 0.4) is 0 Å². The highest BCUT2D eigenvalue weighted by Crippen LogP contribution is 2.28. The first-order valence-corrected chi connectivity index (χ1v) is 12.8. The van der Waals surface area contributed by atoms with Gasteiger partial charge in [0.1, 0.15) is 0 Å². The summed E-state index contributed by atoms with van der Waals surface area (Å²) in [6.45, 7) is 1.96. The summed E-state index contributed by atoms with van der Waals surface area (Å²) >= 11 is 0. The van der Waals surface area contributed by atoms with Crippen LogP contribution in [0, 0.1) is 17.0 Å². The Morgan fingerprint density at radius 3 is 2.45 bits per heavy atom. The van der Waals surface area contributed by atoms with E-state index in [-0.39, 0.29) is 22.7 Å². The number of nitro benzene ring substituents is 1. The number of rotatable bonds is 8. The average molecular weight is 561 g/mol. The minimum absolute atomic E-state index is 0.0452. The molecule has 0 amide bonds. The maximum Gasteiger partial charge on any atom is 0.336 e. The lowest BCUT2D eigenvalue weighted by molar-refractivity contribution is -0.384. The molecule has 0 spiro atoms.